The van der Waals surface area contributed by atoms with Crippen molar-refractivity contribution in [3.63, 3.8) is 0 Å². The molecule has 12 heteroatoms. The van der Waals surface area contributed by atoms with Crippen LogP contribution < -0.4 is 10.5 Å². The van der Waals surface area contributed by atoms with Crippen molar-refractivity contribution >= 4 is 23.2 Å². The van der Waals surface area contributed by atoms with Crippen molar-refractivity contribution in [1.82, 2.24) is 14.3 Å². The molecule has 0 aliphatic heterocycles. The van der Waals surface area contributed by atoms with E-state index in [1.54, 1.807) is 10.9 Å². The van der Waals surface area contributed by atoms with Crippen LogP contribution in [0.5, 0.6) is 0 Å². The maximum atomic E-state index is 12.5. The molecule has 0 saturated heterocycles. The molecule has 2 aromatic heterocycles. The van der Waals surface area contributed by atoms with Gasteiger partial charge in [-0.25, -0.2) is 4.79 Å². The van der Waals surface area contributed by atoms with Gasteiger partial charge in [0.1, 0.15) is 0 Å². The van der Waals surface area contributed by atoms with E-state index in [1.807, 2.05) is 30.1 Å². The van der Waals surface area contributed by atoms with Crippen LogP contribution in [-0.2, 0) is 29.6 Å². The summed E-state index contributed by atoms with van der Waals surface area (Å²) < 4.78 is 35.5. The molecule has 0 aliphatic carbocycles. The second-order valence-electron chi connectivity index (χ2n) is 7.24. The maximum Gasteiger partial charge on any atom is 0.490 e. The highest BCUT2D eigenvalue weighted by Crippen LogP contribution is 2.13. The summed E-state index contributed by atoms with van der Waals surface area (Å²) in [4.78, 5) is 26.3. The Morgan fingerprint density at radius 1 is 1.24 bits per heavy atom. The van der Waals surface area contributed by atoms with Gasteiger partial charge in [0.2, 0.25) is 0 Å². The highest BCUT2D eigenvalue weighted by molar-refractivity contribution is 7.07. The van der Waals surface area contributed by atoms with Gasteiger partial charge in [-0.1, -0.05) is 29.8 Å². The number of carbonyl (C=O) groups excluding carboxylic acids is 1. The molecule has 3 rings (SSSR count). The van der Waals surface area contributed by atoms with Crippen LogP contribution >= 0.6 is 11.3 Å². The Kier molecular flexibility index (Phi) is 8.71. The van der Waals surface area contributed by atoms with Gasteiger partial charge in [0.05, 0.1) is 12.2 Å². The lowest BCUT2D eigenvalue weighted by Crippen LogP contribution is -2.33. The Morgan fingerprint density at radius 2 is 1.85 bits per heavy atom. The first-order valence-corrected chi connectivity index (χ1v) is 10.6. The minimum atomic E-state index is -5.08. The Labute approximate surface area is 191 Å². The van der Waals surface area contributed by atoms with Crippen molar-refractivity contribution in [3.8, 4) is 0 Å². The van der Waals surface area contributed by atoms with E-state index < -0.39 is 18.2 Å². The molecule has 0 spiro atoms. The summed E-state index contributed by atoms with van der Waals surface area (Å²) in [5.74, 6) is -3.07. The lowest BCUT2D eigenvalue weighted by atomic mass is 10.1. The number of nitrogens with zero attached hydrogens (tertiary/aromatic N) is 4. The van der Waals surface area contributed by atoms with Crippen molar-refractivity contribution in [2.24, 2.45) is 17.8 Å². The van der Waals surface area contributed by atoms with Gasteiger partial charge in [0.15, 0.2) is 4.80 Å². The molecule has 0 bridgehead atoms. The number of thiazole rings is 1. The van der Waals surface area contributed by atoms with E-state index in [0.29, 0.717) is 17.8 Å². The Bertz CT molecular complexity index is 1160. The number of carboxylic acids is 1. The number of halogens is 3. The second-order valence-corrected chi connectivity index (χ2v) is 8.11. The number of hydrogen-bond donors (Lipinski definition) is 2. The van der Waals surface area contributed by atoms with Gasteiger partial charge in [0, 0.05) is 30.9 Å². The van der Waals surface area contributed by atoms with Crippen LogP contribution in [0.2, 0.25) is 0 Å². The standard InChI is InChI=1S/C19H23N5OS.C2HF3O2/c1-13-4-6-15(7-5-13)12-24-8-9-26-19(24)22-18(25)17(20)10-16-11-21-23(3)14(16)2;3-2(4,5)1(6)7/h4-9,11,17H,10,12,20H2,1-3H3;(H,6,7). The number of aliphatic carboxylic acids is 1. The molecule has 2 heterocycles. The normalized spacial score (nSPS) is 12.8. The number of aryl methyl sites for hydroxylation is 2. The molecule has 8 nitrogen and oxygen atoms in total. The number of rotatable bonds is 5. The first-order chi connectivity index (χ1) is 15.4. The predicted molar refractivity (Wildman–Crippen MR) is 116 cm³/mol. The molecule has 178 valence electrons. The monoisotopic (exact) mass is 483 g/mol. The minimum Gasteiger partial charge on any atom is -0.475 e. The summed E-state index contributed by atoms with van der Waals surface area (Å²) in [5.41, 5.74) is 10.5. The average molecular weight is 484 g/mol. The van der Waals surface area contributed by atoms with Gasteiger partial charge in [0.25, 0.3) is 5.91 Å². The molecule has 0 fully saturated rings. The summed E-state index contributed by atoms with van der Waals surface area (Å²) in [5, 5.41) is 13.2. The lowest BCUT2D eigenvalue weighted by molar-refractivity contribution is -0.192. The molecule has 0 radical (unpaired) electrons. The number of aromatic nitrogens is 3. The van der Waals surface area contributed by atoms with E-state index in [9.17, 15) is 18.0 Å². The third-order valence-corrected chi connectivity index (χ3v) is 5.47. The van der Waals surface area contributed by atoms with Crippen molar-refractivity contribution < 1.29 is 27.9 Å². The maximum absolute atomic E-state index is 12.5. The van der Waals surface area contributed by atoms with Gasteiger partial charge in [-0.15, -0.1) is 11.3 Å². The van der Waals surface area contributed by atoms with E-state index in [1.165, 1.54) is 16.9 Å². The van der Waals surface area contributed by atoms with Crippen LogP contribution in [0.25, 0.3) is 0 Å². The summed E-state index contributed by atoms with van der Waals surface area (Å²) in [6.45, 7) is 4.70. The number of benzene rings is 1. The molecule has 1 aromatic carbocycles. The van der Waals surface area contributed by atoms with Gasteiger partial charge in [-0.3, -0.25) is 9.48 Å². The summed E-state index contributed by atoms with van der Waals surface area (Å²) in [7, 11) is 1.87. The smallest absolute Gasteiger partial charge is 0.475 e. The summed E-state index contributed by atoms with van der Waals surface area (Å²) in [6.07, 6.45) is -0.954. The molecule has 0 saturated carbocycles. The fourth-order valence-corrected chi connectivity index (χ4v) is 3.38. The highest BCUT2D eigenvalue weighted by atomic mass is 32.1. The number of hydrogen-bond acceptors (Lipinski definition) is 5. The van der Waals surface area contributed by atoms with Gasteiger partial charge in [-0.05, 0) is 31.4 Å². The lowest BCUT2D eigenvalue weighted by Gasteiger charge is -2.07. The Balaban J connectivity index is 0.000000479. The number of amides is 1. The van der Waals surface area contributed by atoms with E-state index in [4.69, 9.17) is 15.6 Å². The molecular formula is C21H24F3N5O3S. The van der Waals surface area contributed by atoms with Gasteiger partial charge >= 0.3 is 12.1 Å². The molecule has 0 aliphatic rings. The molecule has 33 heavy (non-hydrogen) atoms. The quantitative estimate of drug-likeness (QED) is 0.579. The molecule has 1 amide bonds. The largest absolute Gasteiger partial charge is 0.490 e. The zero-order valence-electron chi connectivity index (χ0n) is 18.2. The zero-order chi connectivity index (χ0) is 24.8. The third-order valence-electron chi connectivity index (χ3n) is 4.68. The van der Waals surface area contributed by atoms with E-state index in [-0.39, 0.29) is 5.91 Å². The average Bonchev–Trinajstić information content (AvgIpc) is 3.30. The van der Waals surface area contributed by atoms with Gasteiger partial charge in [-0.2, -0.15) is 23.3 Å². The highest BCUT2D eigenvalue weighted by Gasteiger charge is 2.38. The van der Waals surface area contributed by atoms with Crippen LogP contribution in [0.3, 0.4) is 0 Å². The number of nitrogens with two attached hydrogens (primary N) is 1. The number of alkyl halides is 3. The van der Waals surface area contributed by atoms with Crippen LogP contribution in [0.4, 0.5) is 13.2 Å². The van der Waals surface area contributed by atoms with Crippen LogP contribution in [0.1, 0.15) is 22.4 Å². The van der Waals surface area contributed by atoms with Crippen LogP contribution in [0.15, 0.2) is 47.0 Å². The van der Waals surface area contributed by atoms with Crippen molar-refractivity contribution in [3.05, 3.63) is 69.2 Å². The second kappa shape index (κ2) is 11.1. The Morgan fingerprint density at radius 3 is 2.36 bits per heavy atom. The van der Waals surface area contributed by atoms with Crippen LogP contribution in [-0.4, -0.2) is 43.5 Å². The Hall–Kier alpha value is -3.25. The molecule has 1 unspecified atom stereocenters. The first kappa shape index (κ1) is 26.0. The molecule has 1 atom stereocenters. The zero-order valence-corrected chi connectivity index (χ0v) is 19.0. The minimum absolute atomic E-state index is 0.312. The van der Waals surface area contributed by atoms with E-state index >= 15 is 0 Å². The molecule has 3 N–H and O–H groups in total. The fraction of sp³-hybridized carbons (Fsp3) is 0.333. The van der Waals surface area contributed by atoms with E-state index in [2.05, 4.69) is 41.3 Å². The molecular weight excluding hydrogens is 459 g/mol. The molecule has 3 aromatic rings. The van der Waals surface area contributed by atoms with Crippen LogP contribution in [0, 0.1) is 13.8 Å². The van der Waals surface area contributed by atoms with E-state index in [0.717, 1.165) is 16.8 Å². The van der Waals surface area contributed by atoms with Crippen molar-refractivity contribution in [2.45, 2.75) is 39.0 Å². The SMILES string of the molecule is Cc1ccc(Cn2ccsc2=NC(=O)C(N)Cc2cnn(C)c2C)cc1.O=C(O)C(F)(F)F. The van der Waals surface area contributed by atoms with Crippen molar-refractivity contribution in [2.75, 3.05) is 0 Å². The fourth-order valence-electron chi connectivity index (χ4n) is 2.64. The van der Waals surface area contributed by atoms with Crippen molar-refractivity contribution in [1.29, 1.82) is 0 Å². The number of carbonyl (C=O) groups is 2. The third kappa shape index (κ3) is 7.68. The summed E-state index contributed by atoms with van der Waals surface area (Å²) >= 11 is 1.43. The number of carboxylic acid groups (broad SMARTS) is 1. The van der Waals surface area contributed by atoms with Gasteiger partial charge < -0.3 is 15.4 Å². The first-order valence-electron chi connectivity index (χ1n) is 9.69. The summed E-state index contributed by atoms with van der Waals surface area (Å²) in [6, 6.07) is 7.66. The predicted octanol–water partition coefficient (Wildman–Crippen LogP) is 2.58. The topological polar surface area (TPSA) is 115 Å².